The number of anilines is 1. The molecule has 2 heterocycles. The Hall–Kier alpha value is -3.64. The molecule has 0 saturated carbocycles. The number of nitro groups is 1. The molecule has 0 amide bonds. The maximum Gasteiger partial charge on any atom is 0.334 e. The number of rotatable bonds is 4. The van der Waals surface area contributed by atoms with Gasteiger partial charge in [-0.3, -0.25) is 10.1 Å². The summed E-state index contributed by atoms with van der Waals surface area (Å²) >= 11 is 6.17. The zero-order valence-corrected chi connectivity index (χ0v) is 18.0. The van der Waals surface area contributed by atoms with Crippen LogP contribution in [0, 0.1) is 17.0 Å². The average Bonchev–Trinajstić information content (AvgIpc) is 3.20. The predicted molar refractivity (Wildman–Crippen MR) is 123 cm³/mol. The molecule has 7 heteroatoms. The topological polar surface area (TPSA) is 81.2 Å². The Balaban J connectivity index is 1.79. The van der Waals surface area contributed by atoms with E-state index in [1.165, 1.54) is 0 Å². The largest absolute Gasteiger partial charge is 0.377 e. The lowest BCUT2D eigenvalue weighted by atomic mass is 9.70. The van der Waals surface area contributed by atoms with E-state index in [0.717, 1.165) is 22.4 Å². The maximum absolute atomic E-state index is 12.0. The third kappa shape index (κ3) is 3.42. The van der Waals surface area contributed by atoms with Crippen LogP contribution in [0.4, 0.5) is 11.4 Å². The van der Waals surface area contributed by atoms with Crippen LogP contribution in [0.1, 0.15) is 46.0 Å². The molecule has 6 nitrogen and oxygen atoms in total. The van der Waals surface area contributed by atoms with Gasteiger partial charge in [0.2, 0.25) is 5.76 Å². The number of hydrogen-bond donors (Lipinski definition) is 1. The van der Waals surface area contributed by atoms with E-state index >= 15 is 0 Å². The van der Waals surface area contributed by atoms with Gasteiger partial charge >= 0.3 is 5.69 Å². The van der Waals surface area contributed by atoms with Gasteiger partial charge in [0.1, 0.15) is 0 Å². The van der Waals surface area contributed by atoms with Crippen molar-refractivity contribution in [3.8, 4) is 0 Å². The minimum atomic E-state index is -0.407. The summed E-state index contributed by atoms with van der Waals surface area (Å²) in [4.78, 5) is 11.6. The molecule has 160 valence electrons. The molecule has 4 aromatic rings. The Kier molecular flexibility index (Phi) is 5.15. The van der Waals surface area contributed by atoms with Gasteiger partial charge in [-0.2, -0.15) is 0 Å². The number of nitrogens with zero attached hydrogens (tertiary/aromatic N) is 2. The van der Waals surface area contributed by atoms with Gasteiger partial charge in [0.15, 0.2) is 5.69 Å². The second-order valence-corrected chi connectivity index (χ2v) is 8.35. The van der Waals surface area contributed by atoms with Crippen molar-refractivity contribution in [2.45, 2.75) is 24.8 Å². The van der Waals surface area contributed by atoms with Crippen LogP contribution >= 0.6 is 11.6 Å². The molecule has 0 unspecified atom stereocenters. The van der Waals surface area contributed by atoms with Crippen LogP contribution in [0.3, 0.4) is 0 Å². The lowest BCUT2D eigenvalue weighted by Crippen LogP contribution is -2.31. The summed E-state index contributed by atoms with van der Waals surface area (Å²) < 4.78 is 5.68. The molecule has 32 heavy (non-hydrogen) atoms. The number of aryl methyl sites for hydroxylation is 1. The Morgan fingerprint density at radius 2 is 1.66 bits per heavy atom. The summed E-state index contributed by atoms with van der Waals surface area (Å²) in [6.45, 7) is 1.60. The molecule has 5 rings (SSSR count). The first-order valence-electron chi connectivity index (χ1n) is 10.3. The van der Waals surface area contributed by atoms with Crippen LogP contribution in [0.25, 0.3) is 0 Å². The predicted octanol–water partition coefficient (Wildman–Crippen LogP) is 6.63. The van der Waals surface area contributed by atoms with Crippen LogP contribution in [-0.4, -0.2) is 10.1 Å². The SMILES string of the molecule is Cc1noc([C@H]2[C@@H](c3ccc(Cl)cc3)c3ccccc3N[C@H]2c2ccccc2)c1[N+](=O)[O-]. The summed E-state index contributed by atoms with van der Waals surface area (Å²) in [5.41, 5.74) is 4.22. The summed E-state index contributed by atoms with van der Waals surface area (Å²) in [6, 6.07) is 25.3. The minimum Gasteiger partial charge on any atom is -0.377 e. The van der Waals surface area contributed by atoms with Gasteiger partial charge in [-0.15, -0.1) is 0 Å². The first-order valence-corrected chi connectivity index (χ1v) is 10.7. The van der Waals surface area contributed by atoms with Crippen molar-refractivity contribution >= 4 is 23.0 Å². The third-order valence-electron chi connectivity index (χ3n) is 6.06. The first-order chi connectivity index (χ1) is 15.5. The van der Waals surface area contributed by atoms with E-state index < -0.39 is 10.8 Å². The summed E-state index contributed by atoms with van der Waals surface area (Å²) in [7, 11) is 0. The van der Waals surface area contributed by atoms with E-state index in [1.807, 2.05) is 78.9 Å². The standard InChI is InChI=1S/C25H20ClN3O3/c1-15-24(29(30)31)25(32-28-15)22-21(16-11-13-18(26)14-12-16)19-9-5-6-10-20(19)27-23(22)17-7-3-2-4-8-17/h2-14,21-23,27H,1H3/t21-,22-,23-/m0/s1. The average molecular weight is 446 g/mol. The van der Waals surface area contributed by atoms with E-state index in [0.29, 0.717) is 5.02 Å². The van der Waals surface area contributed by atoms with E-state index in [9.17, 15) is 10.1 Å². The fraction of sp³-hybridized carbons (Fsp3) is 0.160. The Bertz CT molecular complexity index is 1270. The van der Waals surface area contributed by atoms with Crippen molar-refractivity contribution in [1.82, 2.24) is 5.16 Å². The van der Waals surface area contributed by atoms with Crippen molar-refractivity contribution < 1.29 is 9.45 Å². The zero-order valence-electron chi connectivity index (χ0n) is 17.2. The van der Waals surface area contributed by atoms with Crippen LogP contribution in [0.15, 0.2) is 83.4 Å². The molecular formula is C25H20ClN3O3. The van der Waals surface area contributed by atoms with Gasteiger partial charge in [-0.1, -0.05) is 77.4 Å². The molecule has 0 fully saturated rings. The molecule has 3 atom stereocenters. The molecular weight excluding hydrogens is 426 g/mol. The normalized spacial score (nSPS) is 19.8. The molecule has 1 N–H and O–H groups in total. The molecule has 1 aromatic heterocycles. The van der Waals surface area contributed by atoms with Crippen LogP contribution < -0.4 is 5.32 Å². The number of nitrogens with one attached hydrogen (secondary N) is 1. The Morgan fingerprint density at radius 3 is 2.38 bits per heavy atom. The number of para-hydroxylation sites is 1. The van der Waals surface area contributed by atoms with Gasteiger partial charge in [-0.25, -0.2) is 0 Å². The van der Waals surface area contributed by atoms with E-state index in [1.54, 1.807) is 6.92 Å². The number of aromatic nitrogens is 1. The van der Waals surface area contributed by atoms with Gasteiger partial charge < -0.3 is 9.84 Å². The van der Waals surface area contributed by atoms with Crippen molar-refractivity contribution in [2.75, 3.05) is 5.32 Å². The Labute approximate surface area is 190 Å². The summed E-state index contributed by atoms with van der Waals surface area (Å²) in [6.07, 6.45) is 0. The lowest BCUT2D eigenvalue weighted by Gasteiger charge is -2.40. The van der Waals surface area contributed by atoms with Crippen molar-refractivity contribution in [3.63, 3.8) is 0 Å². The van der Waals surface area contributed by atoms with Crippen LogP contribution in [-0.2, 0) is 0 Å². The monoisotopic (exact) mass is 445 g/mol. The smallest absolute Gasteiger partial charge is 0.334 e. The van der Waals surface area contributed by atoms with Gasteiger partial charge in [0, 0.05) is 16.6 Å². The highest BCUT2D eigenvalue weighted by Crippen LogP contribution is 2.54. The zero-order chi connectivity index (χ0) is 22.2. The fourth-order valence-corrected chi connectivity index (χ4v) is 4.80. The quantitative estimate of drug-likeness (QED) is 0.281. The van der Waals surface area contributed by atoms with Gasteiger partial charge in [0.25, 0.3) is 0 Å². The third-order valence-corrected chi connectivity index (χ3v) is 6.31. The van der Waals surface area contributed by atoms with E-state index in [-0.39, 0.29) is 29.1 Å². The summed E-state index contributed by atoms with van der Waals surface area (Å²) in [5.74, 6) is -0.348. The van der Waals surface area contributed by atoms with Crippen LogP contribution in [0.2, 0.25) is 5.02 Å². The van der Waals surface area contributed by atoms with Crippen molar-refractivity contribution in [2.24, 2.45) is 0 Å². The second-order valence-electron chi connectivity index (χ2n) is 7.91. The number of hydrogen-bond acceptors (Lipinski definition) is 5. The molecule has 0 radical (unpaired) electrons. The molecule has 1 aliphatic heterocycles. The number of benzene rings is 3. The van der Waals surface area contributed by atoms with Gasteiger partial charge in [0.05, 0.1) is 16.9 Å². The highest BCUT2D eigenvalue weighted by Gasteiger charge is 2.45. The molecule has 0 bridgehead atoms. The Morgan fingerprint density at radius 1 is 0.969 bits per heavy atom. The molecule has 0 saturated heterocycles. The second kappa shape index (κ2) is 8.13. The minimum absolute atomic E-state index is 0.0731. The fourth-order valence-electron chi connectivity index (χ4n) is 4.68. The van der Waals surface area contributed by atoms with Gasteiger partial charge in [-0.05, 0) is 41.8 Å². The van der Waals surface area contributed by atoms with E-state index in [2.05, 4.69) is 10.5 Å². The van der Waals surface area contributed by atoms with Crippen molar-refractivity contribution in [1.29, 1.82) is 0 Å². The number of fused-ring (bicyclic) bond motifs is 1. The maximum atomic E-state index is 12.0. The highest BCUT2D eigenvalue weighted by atomic mass is 35.5. The number of halogens is 1. The van der Waals surface area contributed by atoms with E-state index in [4.69, 9.17) is 16.1 Å². The molecule has 3 aromatic carbocycles. The van der Waals surface area contributed by atoms with Crippen molar-refractivity contribution in [3.05, 3.63) is 122 Å². The highest BCUT2D eigenvalue weighted by molar-refractivity contribution is 6.30. The first kappa shape index (κ1) is 20.3. The van der Waals surface area contributed by atoms with Crippen LogP contribution in [0.5, 0.6) is 0 Å². The summed E-state index contributed by atoms with van der Waals surface area (Å²) in [5, 5.41) is 20.2. The molecule has 0 aliphatic carbocycles. The molecule has 1 aliphatic rings. The molecule has 0 spiro atoms. The lowest BCUT2D eigenvalue weighted by molar-refractivity contribution is -0.386.